The molecule has 178 valence electrons. The molecule has 1 aliphatic heterocycles. The Morgan fingerprint density at radius 1 is 0.971 bits per heavy atom. The second-order valence-electron chi connectivity index (χ2n) is 8.04. The zero-order chi connectivity index (χ0) is 24.1. The van der Waals surface area contributed by atoms with E-state index in [1.807, 2.05) is 43.3 Å². The Balaban J connectivity index is 1.90. The van der Waals surface area contributed by atoms with Gasteiger partial charge in [0.1, 0.15) is 17.0 Å². The Kier molecular flexibility index (Phi) is 7.27. The lowest BCUT2D eigenvalue weighted by Crippen LogP contribution is -2.19. The van der Waals surface area contributed by atoms with Crippen molar-refractivity contribution < 1.29 is 23.8 Å². The number of rotatable bonds is 8. The van der Waals surface area contributed by atoms with Gasteiger partial charge in [-0.1, -0.05) is 18.2 Å². The maximum atomic E-state index is 12.9. The van der Waals surface area contributed by atoms with Crippen molar-refractivity contribution in [2.75, 3.05) is 33.9 Å². The first-order chi connectivity index (χ1) is 16.6. The zero-order valence-corrected chi connectivity index (χ0v) is 19.7. The maximum Gasteiger partial charge on any atom is 0.357 e. The number of hydrogen-bond acceptors (Lipinski definition) is 7. The molecule has 8 nitrogen and oxygen atoms in total. The molecule has 0 bridgehead atoms. The molecule has 3 aromatic rings. The van der Waals surface area contributed by atoms with E-state index in [9.17, 15) is 9.59 Å². The molecule has 34 heavy (non-hydrogen) atoms. The lowest BCUT2D eigenvalue weighted by Gasteiger charge is -2.18. The summed E-state index contributed by atoms with van der Waals surface area (Å²) in [5.41, 5.74) is 2.76. The van der Waals surface area contributed by atoms with Crippen LogP contribution in [0.1, 0.15) is 46.2 Å². The second-order valence-corrected chi connectivity index (χ2v) is 8.04. The van der Waals surface area contributed by atoms with Crippen LogP contribution in [0, 0.1) is 0 Å². The number of nitrogens with zero attached hydrogens (tertiary/aromatic N) is 3. The molecule has 0 atom stereocenters. The minimum atomic E-state index is -0.675. The number of para-hydroxylation sites is 1. The summed E-state index contributed by atoms with van der Waals surface area (Å²) >= 11 is 0. The van der Waals surface area contributed by atoms with Crippen molar-refractivity contribution in [1.82, 2.24) is 14.7 Å². The van der Waals surface area contributed by atoms with Crippen molar-refractivity contribution in [2.45, 2.75) is 26.3 Å². The fourth-order valence-electron chi connectivity index (χ4n) is 4.29. The van der Waals surface area contributed by atoms with E-state index < -0.39 is 11.9 Å². The topological polar surface area (TPSA) is 82.9 Å². The van der Waals surface area contributed by atoms with Crippen LogP contribution < -0.4 is 4.74 Å². The molecule has 2 heterocycles. The number of benzene rings is 2. The van der Waals surface area contributed by atoms with Gasteiger partial charge in [-0.25, -0.2) is 14.3 Å². The summed E-state index contributed by atoms with van der Waals surface area (Å²) in [5, 5.41) is 4.70. The average molecular weight is 464 g/mol. The first kappa shape index (κ1) is 23.5. The third-order valence-electron chi connectivity index (χ3n) is 5.88. The average Bonchev–Trinajstić information content (AvgIpc) is 3.53. The van der Waals surface area contributed by atoms with E-state index in [4.69, 9.17) is 19.3 Å². The molecular formula is C26H29N3O5. The second kappa shape index (κ2) is 10.5. The highest BCUT2D eigenvalue weighted by Gasteiger charge is 2.31. The van der Waals surface area contributed by atoms with E-state index in [2.05, 4.69) is 4.90 Å². The van der Waals surface area contributed by atoms with Crippen LogP contribution in [-0.4, -0.2) is 60.5 Å². The number of ether oxygens (including phenoxy) is 3. The van der Waals surface area contributed by atoms with Gasteiger partial charge in [0.25, 0.3) is 0 Å². The molecular weight excluding hydrogens is 434 g/mol. The number of hydrogen-bond donors (Lipinski definition) is 0. The zero-order valence-electron chi connectivity index (χ0n) is 19.7. The normalized spacial score (nSPS) is 13.6. The molecule has 4 rings (SSSR count). The van der Waals surface area contributed by atoms with E-state index >= 15 is 0 Å². The van der Waals surface area contributed by atoms with Crippen LogP contribution in [0.5, 0.6) is 5.75 Å². The molecule has 1 fully saturated rings. The first-order valence-corrected chi connectivity index (χ1v) is 11.4. The summed E-state index contributed by atoms with van der Waals surface area (Å²) in [7, 11) is 2.56. The number of methoxy groups -OCH3 is 2. The lowest BCUT2D eigenvalue weighted by molar-refractivity contribution is 0.0549. The smallest absolute Gasteiger partial charge is 0.357 e. The van der Waals surface area contributed by atoms with Crippen LogP contribution in [0.2, 0.25) is 0 Å². The maximum absolute atomic E-state index is 12.9. The van der Waals surface area contributed by atoms with Crippen LogP contribution in [0.4, 0.5) is 0 Å². The van der Waals surface area contributed by atoms with E-state index in [1.165, 1.54) is 31.7 Å². The van der Waals surface area contributed by atoms with Gasteiger partial charge in [0.2, 0.25) is 0 Å². The van der Waals surface area contributed by atoms with Crippen molar-refractivity contribution in [3.05, 3.63) is 65.4 Å². The third-order valence-corrected chi connectivity index (χ3v) is 5.88. The Labute approximate surface area is 199 Å². The minimum Gasteiger partial charge on any atom is -0.494 e. The Hall–Kier alpha value is -3.65. The SMILES string of the molecule is CCOc1ccc(-c2nn(-c3ccccc3)c(C(=O)OC)c2C(=O)OC)cc1CN1CCCC1. The fourth-order valence-corrected chi connectivity index (χ4v) is 4.29. The van der Waals surface area contributed by atoms with Gasteiger partial charge >= 0.3 is 11.9 Å². The van der Waals surface area contributed by atoms with Gasteiger partial charge in [0, 0.05) is 17.7 Å². The lowest BCUT2D eigenvalue weighted by atomic mass is 10.0. The van der Waals surface area contributed by atoms with E-state index in [0.29, 0.717) is 23.6 Å². The summed E-state index contributed by atoms with van der Waals surface area (Å²) in [4.78, 5) is 28.1. The van der Waals surface area contributed by atoms with Gasteiger partial charge in [0.15, 0.2) is 5.69 Å². The van der Waals surface area contributed by atoms with Crippen molar-refractivity contribution >= 4 is 11.9 Å². The van der Waals surface area contributed by atoms with Gasteiger partial charge in [-0.2, -0.15) is 5.10 Å². The van der Waals surface area contributed by atoms with Crippen LogP contribution >= 0.6 is 0 Å². The summed E-state index contributed by atoms with van der Waals surface area (Å²) in [6, 6.07) is 14.9. The number of aromatic nitrogens is 2. The molecule has 0 N–H and O–H groups in total. The van der Waals surface area contributed by atoms with Crippen LogP contribution in [0.25, 0.3) is 16.9 Å². The minimum absolute atomic E-state index is 0.0190. The monoisotopic (exact) mass is 463 g/mol. The number of carbonyl (C=O) groups excluding carboxylic acids is 2. The van der Waals surface area contributed by atoms with Crippen molar-refractivity contribution in [3.8, 4) is 22.7 Å². The summed E-state index contributed by atoms with van der Waals surface area (Å²) < 4.78 is 17.4. The van der Waals surface area contributed by atoms with E-state index in [-0.39, 0.29) is 11.3 Å². The number of carbonyl (C=O) groups is 2. The fraction of sp³-hybridized carbons (Fsp3) is 0.346. The Morgan fingerprint density at radius 3 is 2.32 bits per heavy atom. The molecule has 0 spiro atoms. The van der Waals surface area contributed by atoms with Gasteiger partial charge in [-0.15, -0.1) is 0 Å². The number of esters is 2. The van der Waals surface area contributed by atoms with Gasteiger partial charge < -0.3 is 14.2 Å². The molecule has 0 amide bonds. The molecule has 2 aromatic carbocycles. The van der Waals surface area contributed by atoms with Gasteiger partial charge in [0.05, 0.1) is 26.5 Å². The summed E-state index contributed by atoms with van der Waals surface area (Å²) in [6.07, 6.45) is 2.36. The molecule has 0 unspecified atom stereocenters. The first-order valence-electron chi connectivity index (χ1n) is 11.4. The molecule has 1 aromatic heterocycles. The van der Waals surface area contributed by atoms with E-state index in [1.54, 1.807) is 12.1 Å². The Bertz CT molecular complexity index is 1170. The third kappa shape index (κ3) is 4.68. The van der Waals surface area contributed by atoms with Crippen LogP contribution in [0.3, 0.4) is 0 Å². The molecule has 0 saturated carbocycles. The van der Waals surface area contributed by atoms with Crippen molar-refractivity contribution in [1.29, 1.82) is 0 Å². The molecule has 1 saturated heterocycles. The molecule has 8 heteroatoms. The highest BCUT2D eigenvalue weighted by atomic mass is 16.5. The predicted molar refractivity (Wildman–Crippen MR) is 127 cm³/mol. The summed E-state index contributed by atoms with van der Waals surface area (Å²) in [6.45, 7) is 5.32. The summed E-state index contributed by atoms with van der Waals surface area (Å²) in [5.74, 6) is -0.535. The highest BCUT2D eigenvalue weighted by Crippen LogP contribution is 2.33. The van der Waals surface area contributed by atoms with Crippen LogP contribution in [0.15, 0.2) is 48.5 Å². The predicted octanol–water partition coefficient (Wildman–Crippen LogP) is 4.11. The van der Waals surface area contributed by atoms with Crippen molar-refractivity contribution in [3.63, 3.8) is 0 Å². The standard InChI is InChI=1S/C26H29N3O5/c1-4-34-21-13-12-18(16-19(21)17-28-14-8-9-15-28)23-22(25(30)32-2)24(26(31)33-3)29(27-23)20-10-6-5-7-11-20/h5-7,10-13,16H,4,8-9,14-15,17H2,1-3H3. The quantitative estimate of drug-likeness (QED) is 0.465. The van der Waals surface area contributed by atoms with Crippen LogP contribution in [-0.2, 0) is 16.0 Å². The Morgan fingerprint density at radius 2 is 1.68 bits per heavy atom. The number of likely N-dealkylation sites (tertiary alicyclic amines) is 1. The molecule has 1 aliphatic rings. The van der Waals surface area contributed by atoms with Gasteiger partial charge in [-0.3, -0.25) is 4.90 Å². The largest absolute Gasteiger partial charge is 0.494 e. The van der Waals surface area contributed by atoms with Crippen molar-refractivity contribution in [2.24, 2.45) is 0 Å². The molecule has 0 radical (unpaired) electrons. The van der Waals surface area contributed by atoms with Gasteiger partial charge in [-0.05, 0) is 63.2 Å². The highest BCUT2D eigenvalue weighted by molar-refractivity contribution is 6.06. The molecule has 0 aliphatic carbocycles. The van der Waals surface area contributed by atoms with E-state index in [0.717, 1.165) is 30.9 Å².